The van der Waals surface area contributed by atoms with Crippen LogP contribution in [0.3, 0.4) is 0 Å². The van der Waals surface area contributed by atoms with E-state index in [2.05, 4.69) is 10.3 Å². The lowest BCUT2D eigenvalue weighted by Gasteiger charge is -2.11. The highest BCUT2D eigenvalue weighted by Crippen LogP contribution is 2.29. The van der Waals surface area contributed by atoms with E-state index in [0.717, 1.165) is 17.8 Å². The highest BCUT2D eigenvalue weighted by molar-refractivity contribution is 5.61. The largest absolute Gasteiger partial charge is 0.416 e. The number of hydrogen-bond donors (Lipinski definition) is 2. The summed E-state index contributed by atoms with van der Waals surface area (Å²) in [5.41, 5.74) is 6.84. The van der Waals surface area contributed by atoms with E-state index in [1.165, 1.54) is 6.07 Å². The molecule has 1 heterocycles. The van der Waals surface area contributed by atoms with Gasteiger partial charge in [-0.1, -0.05) is 12.1 Å². The van der Waals surface area contributed by atoms with Crippen molar-refractivity contribution < 1.29 is 13.2 Å². The van der Waals surface area contributed by atoms with Crippen molar-refractivity contribution in [3.63, 3.8) is 0 Å². The van der Waals surface area contributed by atoms with E-state index in [0.29, 0.717) is 17.1 Å². The van der Waals surface area contributed by atoms with Crippen molar-refractivity contribution in [2.45, 2.75) is 19.6 Å². The van der Waals surface area contributed by atoms with Crippen LogP contribution < -0.4 is 11.1 Å². The lowest BCUT2D eigenvalue weighted by molar-refractivity contribution is -0.137. The minimum absolute atomic E-state index is 0.227. The molecule has 0 radical (unpaired) electrons. The number of hydrogen-bond acceptors (Lipinski definition) is 3. The molecule has 3 N–H and O–H groups in total. The van der Waals surface area contributed by atoms with Gasteiger partial charge in [-0.2, -0.15) is 13.2 Å². The number of anilines is 2. The molecule has 1 aromatic carbocycles. The van der Waals surface area contributed by atoms with Crippen LogP contribution in [0.2, 0.25) is 0 Å². The van der Waals surface area contributed by atoms with E-state index < -0.39 is 11.7 Å². The van der Waals surface area contributed by atoms with Crippen LogP contribution in [0.1, 0.15) is 16.8 Å². The van der Waals surface area contributed by atoms with Gasteiger partial charge in [-0.3, -0.25) is 0 Å². The quantitative estimate of drug-likeness (QED) is 0.903. The van der Waals surface area contributed by atoms with Gasteiger partial charge in [0.05, 0.1) is 11.3 Å². The van der Waals surface area contributed by atoms with Crippen LogP contribution in [0.5, 0.6) is 0 Å². The summed E-state index contributed by atoms with van der Waals surface area (Å²) < 4.78 is 37.8. The van der Waals surface area contributed by atoms with Crippen molar-refractivity contribution in [1.82, 2.24) is 4.98 Å². The lowest BCUT2D eigenvalue weighted by atomic mass is 10.1. The van der Waals surface area contributed by atoms with E-state index in [9.17, 15) is 13.2 Å². The average molecular weight is 281 g/mol. The van der Waals surface area contributed by atoms with Crippen LogP contribution in [0.15, 0.2) is 36.4 Å². The van der Waals surface area contributed by atoms with Gasteiger partial charge in [0.2, 0.25) is 0 Å². The molecule has 0 unspecified atom stereocenters. The molecule has 0 amide bonds. The number of halogens is 3. The van der Waals surface area contributed by atoms with Crippen molar-refractivity contribution in [3.05, 3.63) is 53.2 Å². The van der Waals surface area contributed by atoms with E-state index in [1.807, 2.05) is 6.92 Å². The molecule has 0 aliphatic heterocycles. The molecule has 106 valence electrons. The van der Waals surface area contributed by atoms with E-state index in [-0.39, 0.29) is 6.54 Å². The summed E-state index contributed by atoms with van der Waals surface area (Å²) in [4.78, 5) is 4.20. The number of nitrogen functional groups attached to an aromatic ring is 1. The zero-order valence-corrected chi connectivity index (χ0v) is 10.8. The van der Waals surface area contributed by atoms with Crippen molar-refractivity contribution >= 4 is 11.5 Å². The highest BCUT2D eigenvalue weighted by Gasteiger charge is 2.30. The maximum atomic E-state index is 12.6. The summed E-state index contributed by atoms with van der Waals surface area (Å²) in [7, 11) is 0. The average Bonchev–Trinajstić information content (AvgIpc) is 2.39. The first-order chi connectivity index (χ1) is 9.36. The molecule has 3 nitrogen and oxygen atoms in total. The Kier molecular flexibility index (Phi) is 3.83. The number of aryl methyl sites for hydroxylation is 1. The Bertz CT molecular complexity index is 609. The molecule has 0 saturated heterocycles. The van der Waals surface area contributed by atoms with Gasteiger partial charge in [0, 0.05) is 12.2 Å². The second kappa shape index (κ2) is 5.40. The second-order valence-electron chi connectivity index (χ2n) is 4.44. The summed E-state index contributed by atoms with van der Waals surface area (Å²) in [5, 5.41) is 2.95. The van der Waals surface area contributed by atoms with Crippen LogP contribution in [-0.4, -0.2) is 4.98 Å². The Morgan fingerprint density at radius 3 is 2.65 bits per heavy atom. The summed E-state index contributed by atoms with van der Waals surface area (Å²) in [6, 6.07) is 8.63. The second-order valence-corrected chi connectivity index (χ2v) is 4.44. The van der Waals surface area contributed by atoms with Crippen LogP contribution in [-0.2, 0) is 12.7 Å². The Morgan fingerprint density at radius 1 is 1.20 bits per heavy atom. The van der Waals surface area contributed by atoms with Gasteiger partial charge in [0.15, 0.2) is 0 Å². The fraction of sp³-hybridized carbons (Fsp3) is 0.214. The molecular formula is C14H14F3N3. The Hall–Kier alpha value is -2.24. The number of rotatable bonds is 3. The number of aromatic nitrogens is 1. The van der Waals surface area contributed by atoms with Crippen LogP contribution in [0, 0.1) is 6.92 Å². The number of benzene rings is 1. The third-order valence-corrected chi connectivity index (χ3v) is 2.78. The SMILES string of the molecule is Cc1ccc(N)c(NCc2cccc(C(F)(F)F)c2)n1. The summed E-state index contributed by atoms with van der Waals surface area (Å²) in [6.45, 7) is 2.04. The number of nitrogens with zero attached hydrogens (tertiary/aromatic N) is 1. The lowest BCUT2D eigenvalue weighted by Crippen LogP contribution is -2.08. The molecule has 6 heteroatoms. The Morgan fingerprint density at radius 2 is 1.95 bits per heavy atom. The molecule has 0 fully saturated rings. The zero-order valence-electron chi connectivity index (χ0n) is 10.8. The minimum Gasteiger partial charge on any atom is -0.396 e. The van der Waals surface area contributed by atoms with Gasteiger partial charge in [-0.25, -0.2) is 4.98 Å². The van der Waals surface area contributed by atoms with Crippen LogP contribution >= 0.6 is 0 Å². The van der Waals surface area contributed by atoms with Gasteiger partial charge in [0.25, 0.3) is 0 Å². The maximum Gasteiger partial charge on any atom is 0.416 e. The van der Waals surface area contributed by atoms with Crippen molar-refractivity contribution in [2.75, 3.05) is 11.1 Å². The van der Waals surface area contributed by atoms with E-state index >= 15 is 0 Å². The highest BCUT2D eigenvalue weighted by atomic mass is 19.4. The molecule has 0 saturated carbocycles. The van der Waals surface area contributed by atoms with Gasteiger partial charge in [-0.05, 0) is 36.8 Å². The van der Waals surface area contributed by atoms with Gasteiger partial charge in [0.1, 0.15) is 5.82 Å². The monoisotopic (exact) mass is 281 g/mol. The zero-order chi connectivity index (χ0) is 14.8. The fourth-order valence-electron chi connectivity index (χ4n) is 1.75. The first-order valence-corrected chi connectivity index (χ1v) is 5.99. The molecule has 0 aliphatic carbocycles. The summed E-state index contributed by atoms with van der Waals surface area (Å²) in [5.74, 6) is 0.474. The molecule has 0 spiro atoms. The van der Waals surface area contributed by atoms with Crippen molar-refractivity contribution in [2.24, 2.45) is 0 Å². The Balaban J connectivity index is 2.13. The van der Waals surface area contributed by atoms with Crippen molar-refractivity contribution in [1.29, 1.82) is 0 Å². The molecule has 2 aromatic rings. The van der Waals surface area contributed by atoms with Gasteiger partial charge >= 0.3 is 6.18 Å². The predicted molar refractivity (Wildman–Crippen MR) is 72.2 cm³/mol. The fourth-order valence-corrected chi connectivity index (χ4v) is 1.75. The summed E-state index contributed by atoms with van der Waals surface area (Å²) >= 11 is 0. The molecule has 0 atom stereocenters. The number of nitrogens with two attached hydrogens (primary N) is 1. The van der Waals surface area contributed by atoms with E-state index in [4.69, 9.17) is 5.73 Å². The maximum absolute atomic E-state index is 12.6. The first kappa shape index (κ1) is 14.2. The van der Waals surface area contributed by atoms with Crippen molar-refractivity contribution in [3.8, 4) is 0 Å². The first-order valence-electron chi connectivity index (χ1n) is 5.99. The van der Waals surface area contributed by atoms with Gasteiger partial charge < -0.3 is 11.1 Å². The molecule has 1 aromatic heterocycles. The van der Waals surface area contributed by atoms with E-state index in [1.54, 1.807) is 18.2 Å². The number of nitrogens with one attached hydrogen (secondary N) is 1. The summed E-state index contributed by atoms with van der Waals surface area (Å²) in [6.07, 6.45) is -4.34. The van der Waals surface area contributed by atoms with Crippen LogP contribution in [0.25, 0.3) is 0 Å². The molecule has 0 aliphatic rings. The number of pyridine rings is 1. The minimum atomic E-state index is -4.34. The third-order valence-electron chi connectivity index (χ3n) is 2.78. The van der Waals surface area contributed by atoms with Crippen LogP contribution in [0.4, 0.5) is 24.7 Å². The normalized spacial score (nSPS) is 11.4. The van der Waals surface area contributed by atoms with Gasteiger partial charge in [-0.15, -0.1) is 0 Å². The smallest absolute Gasteiger partial charge is 0.396 e. The molecule has 0 bridgehead atoms. The molecule has 20 heavy (non-hydrogen) atoms. The standard InChI is InChI=1S/C14H14F3N3/c1-9-5-6-12(18)13(20-9)19-8-10-3-2-4-11(7-10)14(15,16)17/h2-7H,8,18H2,1H3,(H,19,20). The molecular weight excluding hydrogens is 267 g/mol. The Labute approximate surface area is 114 Å². The number of alkyl halides is 3. The predicted octanol–water partition coefficient (Wildman–Crippen LogP) is 3.60. The topological polar surface area (TPSA) is 50.9 Å². The molecule has 2 rings (SSSR count). The third kappa shape index (κ3) is 3.40.